The number of aliphatic hydroxyl groups excluding tert-OH is 1. The number of furan rings is 1. The van der Waals surface area contributed by atoms with Crippen molar-refractivity contribution >= 4 is 10.0 Å². The number of aliphatic hydroxyl groups is 1. The molecule has 1 aromatic heterocycles. The molecule has 0 aliphatic heterocycles. The molecule has 0 atom stereocenters. The highest BCUT2D eigenvalue weighted by Crippen LogP contribution is 2.25. The van der Waals surface area contributed by atoms with Gasteiger partial charge in [0.15, 0.2) is 0 Å². The maximum atomic E-state index is 12.2. The van der Waals surface area contributed by atoms with Crippen LogP contribution in [0.15, 0.2) is 15.4 Å². The number of nitrogens with zero attached hydrogens (tertiary/aromatic N) is 1. The van der Waals surface area contributed by atoms with Crippen molar-refractivity contribution in [3.05, 3.63) is 17.6 Å². The fourth-order valence-corrected chi connectivity index (χ4v) is 2.70. The summed E-state index contributed by atoms with van der Waals surface area (Å²) < 4.78 is 65.2. The number of alkyl halides is 3. The van der Waals surface area contributed by atoms with E-state index in [-0.39, 0.29) is 20.7 Å². The van der Waals surface area contributed by atoms with Gasteiger partial charge in [0.05, 0.1) is 0 Å². The Morgan fingerprint density at radius 3 is 2.39 bits per heavy atom. The van der Waals surface area contributed by atoms with Gasteiger partial charge in [-0.15, -0.1) is 0 Å². The van der Waals surface area contributed by atoms with Gasteiger partial charge in [0.1, 0.15) is 29.6 Å². The van der Waals surface area contributed by atoms with E-state index in [1.54, 1.807) is 0 Å². The molecule has 1 aromatic rings. The van der Waals surface area contributed by atoms with Crippen molar-refractivity contribution in [3.63, 3.8) is 0 Å². The van der Waals surface area contributed by atoms with E-state index in [1.165, 1.54) is 6.92 Å². The Morgan fingerprint density at radius 2 is 2.00 bits per heavy atom. The van der Waals surface area contributed by atoms with Gasteiger partial charge < -0.3 is 9.52 Å². The maximum Gasteiger partial charge on any atom is 0.402 e. The van der Waals surface area contributed by atoms with Crippen LogP contribution in [0.2, 0.25) is 0 Å². The van der Waals surface area contributed by atoms with Gasteiger partial charge in [0, 0.05) is 13.1 Å². The normalized spacial score (nSPS) is 13.3. The first-order valence-corrected chi connectivity index (χ1v) is 6.25. The predicted molar refractivity (Wildman–Crippen MR) is 55.2 cm³/mol. The summed E-state index contributed by atoms with van der Waals surface area (Å²) in [7, 11) is -3.46. The first-order valence-electron chi connectivity index (χ1n) is 4.81. The molecule has 0 spiro atoms. The van der Waals surface area contributed by atoms with E-state index in [4.69, 9.17) is 9.52 Å². The van der Waals surface area contributed by atoms with E-state index in [0.717, 1.165) is 13.1 Å². The van der Waals surface area contributed by atoms with Crippen LogP contribution in [0.3, 0.4) is 0 Å². The zero-order valence-electron chi connectivity index (χ0n) is 9.65. The molecule has 1 N–H and O–H groups in total. The first kappa shape index (κ1) is 15.0. The number of aryl methyl sites for hydroxylation is 1. The molecule has 0 bridgehead atoms. The summed E-state index contributed by atoms with van der Waals surface area (Å²) >= 11 is 0. The third kappa shape index (κ3) is 3.24. The molecular formula is C9H12F3NO4S. The summed E-state index contributed by atoms with van der Waals surface area (Å²) in [5.74, 6) is -0.0837. The molecule has 0 saturated carbocycles. The second-order valence-corrected chi connectivity index (χ2v) is 5.68. The summed E-state index contributed by atoms with van der Waals surface area (Å²) in [5.41, 5.74) is 0. The molecule has 0 amide bonds. The molecule has 0 radical (unpaired) electrons. The van der Waals surface area contributed by atoms with Gasteiger partial charge in [-0.2, -0.15) is 17.5 Å². The fraction of sp³-hybridized carbons (Fsp3) is 0.556. The SMILES string of the molecule is Cc1oc(CO)cc1S(=O)(=O)N(C)CC(F)(F)F. The van der Waals surface area contributed by atoms with Crippen molar-refractivity contribution in [2.45, 2.75) is 24.6 Å². The largest absolute Gasteiger partial charge is 0.462 e. The number of halogens is 3. The van der Waals surface area contributed by atoms with Crippen LogP contribution in [0.5, 0.6) is 0 Å². The Balaban J connectivity index is 3.09. The molecule has 1 rings (SSSR count). The molecule has 0 aliphatic carbocycles. The molecule has 5 nitrogen and oxygen atoms in total. The van der Waals surface area contributed by atoms with Gasteiger partial charge in [-0.05, 0) is 6.92 Å². The van der Waals surface area contributed by atoms with Crippen molar-refractivity contribution in [2.75, 3.05) is 13.6 Å². The minimum atomic E-state index is -4.63. The van der Waals surface area contributed by atoms with Crippen LogP contribution < -0.4 is 0 Å². The van der Waals surface area contributed by atoms with Crippen LogP contribution in [0.25, 0.3) is 0 Å². The highest BCUT2D eigenvalue weighted by atomic mass is 32.2. The summed E-state index contributed by atoms with van der Waals surface area (Å²) in [4.78, 5) is -0.377. The highest BCUT2D eigenvalue weighted by molar-refractivity contribution is 7.89. The summed E-state index contributed by atoms with van der Waals surface area (Å²) in [5, 5.41) is 8.78. The second kappa shape index (κ2) is 4.90. The van der Waals surface area contributed by atoms with Crippen molar-refractivity contribution in [1.82, 2.24) is 4.31 Å². The molecule has 0 fully saturated rings. The Morgan fingerprint density at radius 1 is 1.44 bits per heavy atom. The van der Waals surface area contributed by atoms with Crippen molar-refractivity contribution in [3.8, 4) is 0 Å². The molecule has 0 aromatic carbocycles. The van der Waals surface area contributed by atoms with Gasteiger partial charge in [-0.1, -0.05) is 0 Å². The van der Waals surface area contributed by atoms with Gasteiger partial charge in [0.25, 0.3) is 0 Å². The van der Waals surface area contributed by atoms with Gasteiger partial charge in [-0.3, -0.25) is 0 Å². The highest BCUT2D eigenvalue weighted by Gasteiger charge is 2.36. The molecule has 0 aliphatic rings. The Labute approximate surface area is 102 Å². The molecule has 18 heavy (non-hydrogen) atoms. The molecule has 1 heterocycles. The summed E-state index contributed by atoms with van der Waals surface area (Å²) in [6.07, 6.45) is -4.63. The van der Waals surface area contributed by atoms with Gasteiger partial charge in [0.2, 0.25) is 10.0 Å². The first-order chi connectivity index (χ1) is 8.08. The molecule has 0 unspecified atom stereocenters. The van der Waals surface area contributed by atoms with E-state index in [2.05, 4.69) is 0 Å². The topological polar surface area (TPSA) is 70.8 Å². The van der Waals surface area contributed by atoms with E-state index < -0.39 is 29.4 Å². The van der Waals surface area contributed by atoms with E-state index in [9.17, 15) is 21.6 Å². The maximum absolute atomic E-state index is 12.2. The lowest BCUT2D eigenvalue weighted by molar-refractivity contribution is -0.134. The van der Waals surface area contributed by atoms with Crippen LogP contribution in [0.1, 0.15) is 11.5 Å². The lowest BCUT2D eigenvalue weighted by Gasteiger charge is -2.18. The van der Waals surface area contributed by atoms with E-state index in [0.29, 0.717) is 0 Å². The Bertz CT molecular complexity index is 520. The minimum Gasteiger partial charge on any atom is -0.462 e. The average Bonchev–Trinajstić information content (AvgIpc) is 2.57. The van der Waals surface area contributed by atoms with Crippen LogP contribution in [-0.4, -0.2) is 37.6 Å². The van der Waals surface area contributed by atoms with Crippen LogP contribution in [0.4, 0.5) is 13.2 Å². The van der Waals surface area contributed by atoms with E-state index >= 15 is 0 Å². The number of hydrogen-bond donors (Lipinski definition) is 1. The Kier molecular flexibility index (Phi) is 4.08. The fourth-order valence-electron chi connectivity index (χ4n) is 1.36. The van der Waals surface area contributed by atoms with E-state index in [1.807, 2.05) is 0 Å². The zero-order valence-corrected chi connectivity index (χ0v) is 10.5. The zero-order chi connectivity index (χ0) is 14.1. The third-order valence-corrected chi connectivity index (χ3v) is 4.08. The second-order valence-electron chi connectivity index (χ2n) is 3.67. The quantitative estimate of drug-likeness (QED) is 0.905. The van der Waals surface area contributed by atoms with Crippen LogP contribution in [-0.2, 0) is 16.6 Å². The minimum absolute atomic E-state index is 0.0218. The number of hydrogen-bond acceptors (Lipinski definition) is 4. The number of sulfonamides is 1. The predicted octanol–water partition coefficient (Wildman–Crippen LogP) is 1.26. The van der Waals surface area contributed by atoms with Crippen molar-refractivity contribution in [1.29, 1.82) is 0 Å². The Hall–Kier alpha value is -1.06. The molecular weight excluding hydrogens is 275 g/mol. The van der Waals surface area contributed by atoms with Crippen molar-refractivity contribution < 1.29 is 31.1 Å². The smallest absolute Gasteiger partial charge is 0.402 e. The van der Waals surface area contributed by atoms with Crippen LogP contribution in [0, 0.1) is 6.92 Å². The standard InChI is InChI=1S/C9H12F3NO4S/c1-6-8(3-7(4-14)17-6)18(15,16)13(2)5-9(10,11)12/h3,14H,4-5H2,1-2H3. The molecule has 104 valence electrons. The third-order valence-electron chi connectivity index (χ3n) is 2.17. The van der Waals surface area contributed by atoms with Crippen LogP contribution >= 0.6 is 0 Å². The lowest BCUT2D eigenvalue weighted by Crippen LogP contribution is -2.35. The molecule has 0 saturated heterocycles. The summed E-state index contributed by atoms with van der Waals surface area (Å²) in [6, 6.07) is 1.01. The summed E-state index contributed by atoms with van der Waals surface area (Å²) in [6.45, 7) is -0.818. The number of rotatable bonds is 4. The van der Waals surface area contributed by atoms with Gasteiger partial charge >= 0.3 is 6.18 Å². The average molecular weight is 287 g/mol. The van der Waals surface area contributed by atoms with Gasteiger partial charge in [-0.25, -0.2) is 8.42 Å². The van der Waals surface area contributed by atoms with Crippen molar-refractivity contribution in [2.24, 2.45) is 0 Å². The lowest BCUT2D eigenvalue weighted by atomic mass is 10.4. The molecule has 9 heteroatoms. The monoisotopic (exact) mass is 287 g/mol.